The van der Waals surface area contributed by atoms with Gasteiger partial charge in [0.1, 0.15) is 6.23 Å². The quantitative estimate of drug-likeness (QED) is 0.749. The van der Waals surface area contributed by atoms with Gasteiger partial charge in [-0.3, -0.25) is 4.79 Å². The standard InChI is InChI=1S/C17H29NO4/c1-7-8-13(17(6)21-9-10-22-17)14(19)18-12(2)11-20-15(18)16(3,4)5/h7,12-13,15H,1,8-11H2,2-6H3/t12-,13?,15-/m0/s1. The molecule has 2 heterocycles. The Balaban J connectivity index is 2.27. The Morgan fingerprint density at radius 2 is 2.00 bits per heavy atom. The second kappa shape index (κ2) is 6.30. The van der Waals surface area contributed by atoms with Crippen LogP contribution in [0, 0.1) is 11.3 Å². The fourth-order valence-corrected chi connectivity index (χ4v) is 3.24. The van der Waals surface area contributed by atoms with Gasteiger partial charge in [0.25, 0.3) is 0 Å². The molecule has 2 aliphatic heterocycles. The minimum Gasteiger partial charge on any atom is -0.356 e. The molecule has 2 rings (SSSR count). The van der Waals surface area contributed by atoms with Crippen LogP contribution in [0.2, 0.25) is 0 Å². The molecule has 5 nitrogen and oxygen atoms in total. The SMILES string of the molecule is C=CCC(C(=O)N1[C@H](C(C)(C)C)OC[C@@H]1C)C1(C)OCCO1. The number of ether oxygens (including phenoxy) is 3. The van der Waals surface area contributed by atoms with E-state index in [1.165, 1.54) is 0 Å². The van der Waals surface area contributed by atoms with Gasteiger partial charge >= 0.3 is 0 Å². The van der Waals surface area contributed by atoms with Crippen molar-refractivity contribution in [3.8, 4) is 0 Å². The molecular formula is C17H29NO4. The monoisotopic (exact) mass is 311 g/mol. The molecule has 0 spiro atoms. The number of allylic oxidation sites excluding steroid dienone is 1. The highest BCUT2D eigenvalue weighted by Crippen LogP contribution is 2.37. The van der Waals surface area contributed by atoms with Gasteiger partial charge in [-0.1, -0.05) is 26.8 Å². The summed E-state index contributed by atoms with van der Waals surface area (Å²) in [5, 5.41) is 0. The average molecular weight is 311 g/mol. The van der Waals surface area contributed by atoms with E-state index in [1.807, 2.05) is 18.7 Å². The summed E-state index contributed by atoms with van der Waals surface area (Å²) in [6, 6.07) is 0.0500. The first-order valence-electron chi connectivity index (χ1n) is 8.03. The highest BCUT2D eigenvalue weighted by atomic mass is 16.7. The van der Waals surface area contributed by atoms with Crippen LogP contribution in [0.15, 0.2) is 12.7 Å². The molecule has 1 amide bonds. The van der Waals surface area contributed by atoms with Crippen LogP contribution in [0.25, 0.3) is 0 Å². The fraction of sp³-hybridized carbons (Fsp3) is 0.824. The number of amides is 1. The molecule has 2 fully saturated rings. The molecule has 0 aromatic carbocycles. The summed E-state index contributed by atoms with van der Waals surface area (Å²) in [5.74, 6) is -1.26. The first kappa shape index (κ1) is 17.4. The maximum Gasteiger partial charge on any atom is 0.233 e. The second-order valence-electron chi connectivity index (χ2n) is 7.44. The van der Waals surface area contributed by atoms with Crippen molar-refractivity contribution in [2.45, 2.75) is 59.1 Å². The molecule has 0 bridgehead atoms. The topological polar surface area (TPSA) is 48.0 Å². The van der Waals surface area contributed by atoms with Crippen LogP contribution in [0.4, 0.5) is 0 Å². The van der Waals surface area contributed by atoms with Crippen molar-refractivity contribution in [1.29, 1.82) is 0 Å². The van der Waals surface area contributed by atoms with E-state index in [2.05, 4.69) is 27.4 Å². The first-order chi connectivity index (χ1) is 10.2. The lowest BCUT2D eigenvalue weighted by molar-refractivity contribution is -0.197. The Bertz CT molecular complexity index is 423. The normalized spacial score (nSPS) is 29.6. The Kier molecular flexibility index (Phi) is 5.00. The van der Waals surface area contributed by atoms with Crippen molar-refractivity contribution in [1.82, 2.24) is 4.90 Å². The molecule has 0 saturated carbocycles. The summed E-state index contributed by atoms with van der Waals surface area (Å²) in [6.07, 6.45) is 2.05. The van der Waals surface area contributed by atoms with Gasteiger partial charge in [-0.2, -0.15) is 0 Å². The zero-order chi connectivity index (χ0) is 16.5. The van der Waals surface area contributed by atoms with Crippen LogP contribution in [0.1, 0.15) is 41.0 Å². The smallest absolute Gasteiger partial charge is 0.233 e. The van der Waals surface area contributed by atoms with Crippen molar-refractivity contribution < 1.29 is 19.0 Å². The Morgan fingerprint density at radius 3 is 2.50 bits per heavy atom. The third kappa shape index (κ3) is 3.21. The maximum atomic E-state index is 13.2. The molecule has 0 aliphatic carbocycles. The predicted octanol–water partition coefficient (Wildman–Crippen LogP) is 2.56. The summed E-state index contributed by atoms with van der Waals surface area (Å²) in [5.41, 5.74) is -0.141. The summed E-state index contributed by atoms with van der Waals surface area (Å²) < 4.78 is 17.4. The number of nitrogens with zero attached hydrogens (tertiary/aromatic N) is 1. The Hall–Kier alpha value is -0.910. The van der Waals surface area contributed by atoms with Gasteiger partial charge < -0.3 is 19.1 Å². The number of hydrogen-bond donors (Lipinski definition) is 0. The van der Waals surface area contributed by atoms with Crippen LogP contribution in [0.5, 0.6) is 0 Å². The summed E-state index contributed by atoms with van der Waals surface area (Å²) in [6.45, 7) is 15.5. The molecule has 1 unspecified atom stereocenters. The fourth-order valence-electron chi connectivity index (χ4n) is 3.24. The van der Waals surface area contributed by atoms with E-state index in [4.69, 9.17) is 14.2 Å². The lowest BCUT2D eigenvalue weighted by atomic mass is 9.89. The molecule has 3 atom stereocenters. The minimum absolute atomic E-state index is 0.0224. The molecule has 5 heteroatoms. The van der Waals surface area contributed by atoms with Crippen LogP contribution < -0.4 is 0 Å². The number of carbonyl (C=O) groups excluding carboxylic acids is 1. The zero-order valence-electron chi connectivity index (χ0n) is 14.4. The molecule has 2 saturated heterocycles. The third-order valence-corrected chi connectivity index (χ3v) is 4.41. The van der Waals surface area contributed by atoms with Crippen molar-refractivity contribution in [3.05, 3.63) is 12.7 Å². The molecule has 126 valence electrons. The third-order valence-electron chi connectivity index (χ3n) is 4.41. The van der Waals surface area contributed by atoms with Gasteiger partial charge in [-0.25, -0.2) is 0 Å². The van der Waals surface area contributed by atoms with E-state index in [1.54, 1.807) is 6.08 Å². The molecule has 22 heavy (non-hydrogen) atoms. The largest absolute Gasteiger partial charge is 0.356 e. The summed E-state index contributed by atoms with van der Waals surface area (Å²) in [4.78, 5) is 15.1. The van der Waals surface area contributed by atoms with Gasteiger partial charge in [-0.05, 0) is 20.3 Å². The average Bonchev–Trinajstić information content (AvgIpc) is 3.01. The molecular weight excluding hydrogens is 282 g/mol. The number of rotatable bonds is 4. The van der Waals surface area contributed by atoms with Gasteiger partial charge in [0.15, 0.2) is 5.79 Å². The van der Waals surface area contributed by atoms with Gasteiger partial charge in [0.2, 0.25) is 5.91 Å². The van der Waals surface area contributed by atoms with Gasteiger partial charge in [0.05, 0.1) is 31.8 Å². The second-order valence-corrected chi connectivity index (χ2v) is 7.44. The first-order valence-corrected chi connectivity index (χ1v) is 8.03. The van der Waals surface area contributed by atoms with Crippen LogP contribution >= 0.6 is 0 Å². The molecule has 0 radical (unpaired) electrons. The van der Waals surface area contributed by atoms with Crippen molar-refractivity contribution in [2.24, 2.45) is 11.3 Å². The lowest BCUT2D eigenvalue weighted by Crippen LogP contribution is -2.53. The van der Waals surface area contributed by atoms with E-state index >= 15 is 0 Å². The minimum atomic E-state index is -0.879. The Morgan fingerprint density at radius 1 is 1.41 bits per heavy atom. The molecule has 0 N–H and O–H groups in total. The lowest BCUT2D eigenvalue weighted by Gasteiger charge is -2.40. The van der Waals surface area contributed by atoms with Gasteiger partial charge in [0, 0.05) is 5.41 Å². The van der Waals surface area contributed by atoms with Crippen LogP contribution in [-0.4, -0.2) is 48.7 Å². The highest BCUT2D eigenvalue weighted by Gasteiger charge is 2.50. The predicted molar refractivity (Wildman–Crippen MR) is 84.1 cm³/mol. The van der Waals surface area contributed by atoms with Gasteiger partial charge in [-0.15, -0.1) is 6.58 Å². The van der Waals surface area contributed by atoms with Crippen LogP contribution in [-0.2, 0) is 19.0 Å². The van der Waals surface area contributed by atoms with E-state index in [-0.39, 0.29) is 23.6 Å². The molecule has 0 aromatic heterocycles. The molecule has 2 aliphatic rings. The molecule has 0 aromatic rings. The summed E-state index contributed by atoms with van der Waals surface area (Å²) in [7, 11) is 0. The summed E-state index contributed by atoms with van der Waals surface area (Å²) >= 11 is 0. The van der Waals surface area contributed by atoms with E-state index in [0.717, 1.165) is 0 Å². The van der Waals surface area contributed by atoms with Crippen molar-refractivity contribution in [3.63, 3.8) is 0 Å². The number of hydrogen-bond acceptors (Lipinski definition) is 4. The van der Waals surface area contributed by atoms with Crippen molar-refractivity contribution >= 4 is 5.91 Å². The number of carbonyl (C=O) groups is 1. The van der Waals surface area contributed by atoms with Crippen molar-refractivity contribution in [2.75, 3.05) is 19.8 Å². The highest BCUT2D eigenvalue weighted by molar-refractivity contribution is 5.81. The van der Waals surface area contributed by atoms with E-state index in [9.17, 15) is 4.79 Å². The zero-order valence-corrected chi connectivity index (χ0v) is 14.4. The maximum absolute atomic E-state index is 13.2. The Labute approximate surface area is 133 Å². The van der Waals surface area contributed by atoms with E-state index < -0.39 is 11.7 Å². The van der Waals surface area contributed by atoms with Crippen LogP contribution in [0.3, 0.4) is 0 Å². The van der Waals surface area contributed by atoms with E-state index in [0.29, 0.717) is 26.2 Å².